The maximum atomic E-state index is 12.2. The van der Waals surface area contributed by atoms with Gasteiger partial charge in [-0.25, -0.2) is 9.59 Å². The van der Waals surface area contributed by atoms with Gasteiger partial charge in [-0.15, -0.1) is 0 Å². The molecule has 6 nitrogen and oxygen atoms in total. The monoisotopic (exact) mass is 314 g/mol. The SMILES string of the molecule is CCOC(=O)[C@H]1C[C@H](SC#N)CCN1C(=O)OC(C)(C)C. The molecule has 0 spiro atoms. The average molecular weight is 314 g/mol. The molecular weight excluding hydrogens is 292 g/mol. The molecule has 1 saturated heterocycles. The molecule has 1 aliphatic heterocycles. The van der Waals surface area contributed by atoms with E-state index in [0.29, 0.717) is 19.4 Å². The highest BCUT2D eigenvalue weighted by atomic mass is 32.2. The van der Waals surface area contributed by atoms with Gasteiger partial charge in [0.05, 0.1) is 6.61 Å². The molecule has 0 aromatic heterocycles. The fraction of sp³-hybridized carbons (Fsp3) is 0.786. The average Bonchev–Trinajstić information content (AvgIpc) is 2.37. The predicted octanol–water partition coefficient (Wildman–Crippen LogP) is 2.53. The highest BCUT2D eigenvalue weighted by Crippen LogP contribution is 2.28. The van der Waals surface area contributed by atoms with Gasteiger partial charge >= 0.3 is 12.1 Å². The van der Waals surface area contributed by atoms with Crippen molar-refractivity contribution in [3.8, 4) is 5.40 Å². The summed E-state index contributed by atoms with van der Waals surface area (Å²) >= 11 is 1.14. The third kappa shape index (κ3) is 5.46. The number of carbonyl (C=O) groups is 2. The van der Waals surface area contributed by atoms with Crippen molar-refractivity contribution in [2.75, 3.05) is 13.2 Å². The van der Waals surface area contributed by atoms with Crippen LogP contribution >= 0.6 is 11.8 Å². The summed E-state index contributed by atoms with van der Waals surface area (Å²) in [5.41, 5.74) is -0.617. The highest BCUT2D eigenvalue weighted by Gasteiger charge is 2.39. The smallest absolute Gasteiger partial charge is 0.411 e. The number of amides is 1. The van der Waals surface area contributed by atoms with E-state index in [9.17, 15) is 9.59 Å². The first-order chi connectivity index (χ1) is 9.78. The fourth-order valence-corrected chi connectivity index (χ4v) is 2.77. The highest BCUT2D eigenvalue weighted by molar-refractivity contribution is 8.04. The predicted molar refractivity (Wildman–Crippen MR) is 79.6 cm³/mol. The van der Waals surface area contributed by atoms with E-state index in [2.05, 4.69) is 0 Å². The first kappa shape index (κ1) is 17.6. The third-order valence-electron chi connectivity index (χ3n) is 2.96. The van der Waals surface area contributed by atoms with E-state index in [0.717, 1.165) is 11.8 Å². The Morgan fingerprint density at radius 2 is 2.10 bits per heavy atom. The summed E-state index contributed by atoms with van der Waals surface area (Å²) in [6.45, 7) is 7.71. The molecule has 1 heterocycles. The molecule has 1 rings (SSSR count). The summed E-state index contributed by atoms with van der Waals surface area (Å²) < 4.78 is 10.4. The van der Waals surface area contributed by atoms with Gasteiger partial charge in [0.1, 0.15) is 17.0 Å². The molecule has 21 heavy (non-hydrogen) atoms. The molecule has 0 radical (unpaired) electrons. The van der Waals surface area contributed by atoms with E-state index < -0.39 is 23.7 Å². The van der Waals surface area contributed by atoms with E-state index in [1.54, 1.807) is 27.7 Å². The van der Waals surface area contributed by atoms with Crippen molar-refractivity contribution in [1.29, 1.82) is 5.26 Å². The molecular formula is C14H22N2O4S. The van der Waals surface area contributed by atoms with Crippen molar-refractivity contribution < 1.29 is 19.1 Å². The minimum Gasteiger partial charge on any atom is -0.464 e. The summed E-state index contributed by atoms with van der Waals surface area (Å²) in [5, 5.41) is 10.8. The Kier molecular flexibility index (Phi) is 6.34. The van der Waals surface area contributed by atoms with Gasteiger partial charge in [-0.05, 0) is 52.3 Å². The van der Waals surface area contributed by atoms with Crippen molar-refractivity contribution in [1.82, 2.24) is 4.90 Å². The number of hydrogen-bond acceptors (Lipinski definition) is 6. The number of thiocyanates is 1. The first-order valence-electron chi connectivity index (χ1n) is 6.99. The number of hydrogen-bond donors (Lipinski definition) is 0. The second-order valence-electron chi connectivity index (χ2n) is 5.80. The lowest BCUT2D eigenvalue weighted by molar-refractivity contribution is -0.150. The molecule has 0 saturated carbocycles. The van der Waals surface area contributed by atoms with Gasteiger partial charge in [-0.3, -0.25) is 4.90 Å². The number of nitrogens with zero attached hydrogens (tertiary/aromatic N) is 2. The van der Waals surface area contributed by atoms with Crippen LogP contribution in [0.25, 0.3) is 0 Å². The number of thioether (sulfide) groups is 1. The van der Waals surface area contributed by atoms with E-state index in [-0.39, 0.29) is 11.9 Å². The van der Waals surface area contributed by atoms with E-state index in [1.165, 1.54) is 4.90 Å². The Labute approximate surface area is 129 Å². The van der Waals surface area contributed by atoms with Gasteiger partial charge in [0.25, 0.3) is 0 Å². The fourth-order valence-electron chi connectivity index (χ4n) is 2.12. The number of likely N-dealkylation sites (tertiary alicyclic amines) is 1. The van der Waals surface area contributed by atoms with Crippen LogP contribution in [0, 0.1) is 10.7 Å². The van der Waals surface area contributed by atoms with Crippen molar-refractivity contribution in [3.05, 3.63) is 0 Å². The summed E-state index contributed by atoms with van der Waals surface area (Å²) in [4.78, 5) is 25.7. The van der Waals surface area contributed by atoms with Gasteiger partial charge < -0.3 is 9.47 Å². The zero-order valence-electron chi connectivity index (χ0n) is 12.9. The third-order valence-corrected chi connectivity index (χ3v) is 3.83. The first-order valence-corrected chi connectivity index (χ1v) is 7.87. The van der Waals surface area contributed by atoms with Crippen LogP contribution in [0.4, 0.5) is 4.79 Å². The maximum absolute atomic E-state index is 12.2. The Morgan fingerprint density at radius 1 is 1.43 bits per heavy atom. The number of rotatable bonds is 3. The zero-order chi connectivity index (χ0) is 16.0. The number of esters is 1. The van der Waals surface area contributed by atoms with Crippen LogP contribution in [0.2, 0.25) is 0 Å². The van der Waals surface area contributed by atoms with Crippen LogP contribution in [-0.4, -0.2) is 47.0 Å². The molecule has 7 heteroatoms. The molecule has 1 aliphatic rings. The van der Waals surface area contributed by atoms with Crippen molar-refractivity contribution in [2.24, 2.45) is 0 Å². The molecule has 0 aliphatic carbocycles. The van der Waals surface area contributed by atoms with Crippen LogP contribution in [0.3, 0.4) is 0 Å². The molecule has 0 aromatic carbocycles. The topological polar surface area (TPSA) is 79.6 Å². The number of ether oxygens (including phenoxy) is 2. The van der Waals surface area contributed by atoms with Gasteiger partial charge in [0.2, 0.25) is 0 Å². The Morgan fingerprint density at radius 3 is 2.62 bits per heavy atom. The molecule has 118 valence electrons. The van der Waals surface area contributed by atoms with Gasteiger partial charge in [0, 0.05) is 11.8 Å². The second-order valence-corrected chi connectivity index (χ2v) is 6.88. The zero-order valence-corrected chi connectivity index (χ0v) is 13.7. The van der Waals surface area contributed by atoms with Crippen LogP contribution < -0.4 is 0 Å². The van der Waals surface area contributed by atoms with Crippen molar-refractivity contribution >= 4 is 23.8 Å². The molecule has 1 fully saturated rings. The second kappa shape index (κ2) is 7.55. The minimum atomic E-state index is -0.681. The number of piperidine rings is 1. The van der Waals surface area contributed by atoms with Crippen LogP contribution in [-0.2, 0) is 14.3 Å². The minimum absolute atomic E-state index is 0.0306. The lowest BCUT2D eigenvalue weighted by Crippen LogP contribution is -2.52. The van der Waals surface area contributed by atoms with E-state index >= 15 is 0 Å². The molecule has 0 N–H and O–H groups in total. The quantitative estimate of drug-likeness (QED) is 0.588. The number of nitriles is 1. The van der Waals surface area contributed by atoms with E-state index in [4.69, 9.17) is 14.7 Å². The Bertz CT molecular complexity index is 428. The lowest BCUT2D eigenvalue weighted by Gasteiger charge is -2.37. The summed E-state index contributed by atoms with van der Waals surface area (Å²) in [7, 11) is 0. The van der Waals surface area contributed by atoms with Gasteiger partial charge in [0.15, 0.2) is 0 Å². The lowest BCUT2D eigenvalue weighted by atomic mass is 10.0. The Hall–Kier alpha value is -1.42. The Balaban J connectivity index is 2.82. The van der Waals surface area contributed by atoms with Crippen molar-refractivity contribution in [3.63, 3.8) is 0 Å². The molecule has 2 atom stereocenters. The van der Waals surface area contributed by atoms with Crippen LogP contribution in [0.1, 0.15) is 40.5 Å². The van der Waals surface area contributed by atoms with Crippen molar-refractivity contribution in [2.45, 2.75) is 57.4 Å². The number of carbonyl (C=O) groups excluding carboxylic acids is 2. The summed E-state index contributed by atoms with van der Waals surface area (Å²) in [6, 6.07) is -0.681. The maximum Gasteiger partial charge on any atom is 0.411 e. The largest absolute Gasteiger partial charge is 0.464 e. The molecule has 1 amide bonds. The molecule has 0 bridgehead atoms. The van der Waals surface area contributed by atoms with Crippen LogP contribution in [0.15, 0.2) is 0 Å². The standard InChI is InChI=1S/C14H22N2O4S/c1-5-19-12(17)11-8-10(21-9-15)6-7-16(11)13(18)20-14(2,3)4/h10-11H,5-8H2,1-4H3/t10-,11-/m1/s1. The van der Waals surface area contributed by atoms with Gasteiger partial charge in [-0.2, -0.15) is 5.26 Å². The normalized spacial score (nSPS) is 22.3. The molecule has 0 aromatic rings. The summed E-state index contributed by atoms with van der Waals surface area (Å²) in [6.07, 6.45) is 0.560. The summed E-state index contributed by atoms with van der Waals surface area (Å²) in [5.74, 6) is -0.438. The molecule has 0 unspecified atom stereocenters. The van der Waals surface area contributed by atoms with Gasteiger partial charge in [-0.1, -0.05) is 0 Å². The van der Waals surface area contributed by atoms with E-state index in [1.807, 2.05) is 5.40 Å². The van der Waals surface area contributed by atoms with Crippen LogP contribution in [0.5, 0.6) is 0 Å².